The van der Waals surface area contributed by atoms with Crippen LogP contribution in [0, 0.1) is 20.8 Å². The van der Waals surface area contributed by atoms with Crippen molar-refractivity contribution in [2.24, 2.45) is 14.1 Å². The van der Waals surface area contributed by atoms with Gasteiger partial charge in [-0.15, -0.1) is 0 Å². The smallest absolute Gasteiger partial charge is 0.275 e. The Morgan fingerprint density at radius 3 is 2.10 bits per heavy atom. The number of pyridine rings is 2. The summed E-state index contributed by atoms with van der Waals surface area (Å²) in [6, 6.07) is 15.1. The third-order valence-electron chi connectivity index (χ3n) is 6.77. The Morgan fingerprint density at radius 1 is 0.795 bits per heavy atom. The number of aromatic nitrogens is 3. The molecule has 0 radical (unpaired) electrons. The quantitative estimate of drug-likeness (QED) is 0.289. The molecular formula is C29H26ClN3O5S. The molecule has 5 aromatic rings. The standard InChI is InChI=1S/C29H26ClN3O5S/c1-17-9-6-7-12-24(17)39(36,37)33-25(30)13-21-22(15-32(5)29(35)27(21)33)20-14-26(34)31(4)16-23(20)38-28-18(2)10-8-11-19(28)3/h6-16H,1-5H3. The Balaban J connectivity index is 1.84. The van der Waals surface area contributed by atoms with Crippen molar-refractivity contribution in [2.45, 2.75) is 25.7 Å². The summed E-state index contributed by atoms with van der Waals surface area (Å²) in [6.45, 7) is 5.52. The molecule has 0 bridgehead atoms. The number of hydrogen-bond donors (Lipinski definition) is 0. The first-order valence-corrected chi connectivity index (χ1v) is 13.9. The number of halogens is 1. The molecule has 0 saturated heterocycles. The molecular weight excluding hydrogens is 538 g/mol. The van der Waals surface area contributed by atoms with Gasteiger partial charge in [-0.05, 0) is 49.6 Å². The number of para-hydroxylation sites is 1. The lowest BCUT2D eigenvalue weighted by atomic mass is 10.0. The number of nitrogens with zero attached hydrogens (tertiary/aromatic N) is 3. The van der Waals surface area contributed by atoms with Crippen molar-refractivity contribution < 1.29 is 13.2 Å². The first-order chi connectivity index (χ1) is 18.4. The average Bonchev–Trinajstić information content (AvgIpc) is 3.24. The van der Waals surface area contributed by atoms with Gasteiger partial charge in [-0.25, -0.2) is 12.4 Å². The lowest BCUT2D eigenvalue weighted by Crippen LogP contribution is -2.23. The van der Waals surface area contributed by atoms with E-state index in [-0.39, 0.29) is 26.5 Å². The van der Waals surface area contributed by atoms with Gasteiger partial charge in [0.05, 0.1) is 11.1 Å². The van der Waals surface area contributed by atoms with Crippen LogP contribution >= 0.6 is 11.6 Å². The molecule has 0 saturated carbocycles. The maximum Gasteiger partial charge on any atom is 0.275 e. The van der Waals surface area contributed by atoms with E-state index in [1.807, 2.05) is 32.0 Å². The fraction of sp³-hybridized carbons (Fsp3) is 0.172. The summed E-state index contributed by atoms with van der Waals surface area (Å²) in [5.41, 5.74) is 2.15. The Kier molecular flexibility index (Phi) is 6.52. The van der Waals surface area contributed by atoms with Gasteiger partial charge in [0, 0.05) is 42.9 Å². The summed E-state index contributed by atoms with van der Waals surface area (Å²) in [6.07, 6.45) is 3.13. The summed E-state index contributed by atoms with van der Waals surface area (Å²) in [4.78, 5) is 26.3. The highest BCUT2D eigenvalue weighted by atomic mass is 35.5. The van der Waals surface area contributed by atoms with Crippen LogP contribution in [0.3, 0.4) is 0 Å². The molecule has 8 nitrogen and oxygen atoms in total. The molecule has 3 aromatic heterocycles. The molecule has 39 heavy (non-hydrogen) atoms. The average molecular weight is 564 g/mol. The minimum atomic E-state index is -4.23. The van der Waals surface area contributed by atoms with Crippen molar-refractivity contribution in [3.8, 4) is 22.6 Å². The predicted molar refractivity (Wildman–Crippen MR) is 153 cm³/mol. The van der Waals surface area contributed by atoms with Gasteiger partial charge in [-0.1, -0.05) is 48.0 Å². The highest BCUT2D eigenvalue weighted by molar-refractivity contribution is 7.90. The Bertz CT molecular complexity index is 2000. The lowest BCUT2D eigenvalue weighted by Gasteiger charge is -2.17. The Hall–Kier alpha value is -4.08. The predicted octanol–water partition coefficient (Wildman–Crippen LogP) is 5.31. The molecule has 0 amide bonds. The normalized spacial score (nSPS) is 11.7. The number of ether oxygens (including phenoxy) is 1. The second-order valence-electron chi connectivity index (χ2n) is 9.55. The Labute approximate surface area is 230 Å². The van der Waals surface area contributed by atoms with Crippen LogP contribution in [0.4, 0.5) is 0 Å². The monoisotopic (exact) mass is 563 g/mol. The van der Waals surface area contributed by atoms with E-state index in [2.05, 4.69) is 0 Å². The van der Waals surface area contributed by atoms with Crippen LogP contribution < -0.4 is 15.9 Å². The van der Waals surface area contributed by atoms with E-state index in [1.54, 1.807) is 44.6 Å². The van der Waals surface area contributed by atoms with Gasteiger partial charge in [0.25, 0.3) is 21.1 Å². The van der Waals surface area contributed by atoms with E-state index in [0.717, 1.165) is 15.1 Å². The SMILES string of the molecule is Cc1ccccc1S(=O)(=O)n1c(Cl)cc2c(-c3cc(=O)n(C)cc3Oc3c(C)cccc3C)cn(C)c(=O)c21. The van der Waals surface area contributed by atoms with Crippen molar-refractivity contribution in [3.05, 3.63) is 110 Å². The van der Waals surface area contributed by atoms with Crippen LogP contribution in [0.5, 0.6) is 11.5 Å². The van der Waals surface area contributed by atoms with Crippen LogP contribution in [-0.2, 0) is 24.1 Å². The second kappa shape index (κ2) is 9.59. The third-order valence-corrected chi connectivity index (χ3v) is 9.02. The van der Waals surface area contributed by atoms with Gasteiger partial charge in [0.15, 0.2) is 5.75 Å². The molecule has 0 aliphatic heterocycles. The molecule has 10 heteroatoms. The Morgan fingerprint density at radius 2 is 1.44 bits per heavy atom. The first kappa shape index (κ1) is 26.5. The summed E-state index contributed by atoms with van der Waals surface area (Å²) in [5.74, 6) is 0.997. The largest absolute Gasteiger partial charge is 0.455 e. The lowest BCUT2D eigenvalue weighted by molar-refractivity contribution is 0.470. The topological polar surface area (TPSA) is 92.3 Å². The highest BCUT2D eigenvalue weighted by Crippen LogP contribution is 2.39. The van der Waals surface area contributed by atoms with E-state index >= 15 is 0 Å². The zero-order valence-corrected chi connectivity index (χ0v) is 23.6. The van der Waals surface area contributed by atoms with Gasteiger partial charge >= 0.3 is 0 Å². The number of aryl methyl sites for hydroxylation is 5. The van der Waals surface area contributed by atoms with Crippen molar-refractivity contribution in [1.29, 1.82) is 0 Å². The number of hydrogen-bond acceptors (Lipinski definition) is 5. The molecule has 5 rings (SSSR count). The van der Waals surface area contributed by atoms with Crippen molar-refractivity contribution >= 4 is 32.5 Å². The van der Waals surface area contributed by atoms with E-state index < -0.39 is 15.6 Å². The van der Waals surface area contributed by atoms with E-state index in [0.29, 0.717) is 28.2 Å². The summed E-state index contributed by atoms with van der Waals surface area (Å²) < 4.78 is 37.5. The number of rotatable bonds is 5. The van der Waals surface area contributed by atoms with Gasteiger partial charge < -0.3 is 13.9 Å². The third kappa shape index (κ3) is 4.37. The fourth-order valence-corrected chi connectivity index (χ4v) is 6.81. The molecule has 0 unspecified atom stereocenters. The minimum absolute atomic E-state index is 0.0319. The highest BCUT2D eigenvalue weighted by Gasteiger charge is 2.28. The fourth-order valence-electron chi connectivity index (χ4n) is 4.72. The number of fused-ring (bicyclic) bond motifs is 1. The van der Waals surface area contributed by atoms with Crippen molar-refractivity contribution in [1.82, 2.24) is 13.1 Å². The second-order valence-corrected chi connectivity index (χ2v) is 11.7. The molecule has 0 aliphatic rings. The van der Waals surface area contributed by atoms with Crippen LogP contribution in [0.1, 0.15) is 16.7 Å². The maximum atomic E-state index is 13.8. The molecule has 3 heterocycles. The van der Waals surface area contributed by atoms with E-state index in [4.69, 9.17) is 16.3 Å². The molecule has 0 atom stereocenters. The van der Waals surface area contributed by atoms with Crippen LogP contribution in [0.2, 0.25) is 5.15 Å². The van der Waals surface area contributed by atoms with Crippen LogP contribution in [-0.4, -0.2) is 21.5 Å². The van der Waals surface area contributed by atoms with Crippen molar-refractivity contribution in [3.63, 3.8) is 0 Å². The van der Waals surface area contributed by atoms with Crippen molar-refractivity contribution in [2.75, 3.05) is 0 Å². The molecule has 200 valence electrons. The van der Waals surface area contributed by atoms with E-state index in [1.165, 1.54) is 34.4 Å². The summed E-state index contributed by atoms with van der Waals surface area (Å²) >= 11 is 6.54. The minimum Gasteiger partial charge on any atom is -0.455 e. The number of benzene rings is 2. The molecule has 0 N–H and O–H groups in total. The molecule has 0 fully saturated rings. The van der Waals surface area contributed by atoms with Crippen LogP contribution in [0.25, 0.3) is 22.0 Å². The zero-order chi connectivity index (χ0) is 28.2. The van der Waals surface area contributed by atoms with Gasteiger partial charge in [-0.2, -0.15) is 0 Å². The molecule has 2 aromatic carbocycles. The summed E-state index contributed by atoms with van der Waals surface area (Å²) in [5, 5.41) is 0.124. The summed E-state index contributed by atoms with van der Waals surface area (Å²) in [7, 11) is -1.10. The molecule has 0 spiro atoms. The van der Waals surface area contributed by atoms with Gasteiger partial charge in [-0.3, -0.25) is 9.59 Å². The first-order valence-electron chi connectivity index (χ1n) is 12.1. The van der Waals surface area contributed by atoms with Gasteiger partial charge in [0.2, 0.25) is 0 Å². The van der Waals surface area contributed by atoms with Crippen LogP contribution in [0.15, 0.2) is 81.5 Å². The van der Waals surface area contributed by atoms with E-state index in [9.17, 15) is 18.0 Å². The molecule has 0 aliphatic carbocycles. The van der Waals surface area contributed by atoms with Gasteiger partial charge in [0.1, 0.15) is 16.4 Å². The zero-order valence-electron chi connectivity index (χ0n) is 22.0. The maximum absolute atomic E-state index is 13.8.